The number of ether oxygens (including phenoxy) is 1. The maximum Gasteiger partial charge on any atom is 0.0502 e. The van der Waals surface area contributed by atoms with Crippen LogP contribution in [0.4, 0.5) is 0 Å². The standard InChI is InChI=1S/C13H28N2O/c1-4-7-13(2,11-14)15-8-5-6-12(9-15)10-16-3/h12H,4-11,14H2,1-3H3. The van der Waals surface area contributed by atoms with Gasteiger partial charge in [-0.2, -0.15) is 0 Å². The van der Waals surface area contributed by atoms with Crippen LogP contribution in [0.5, 0.6) is 0 Å². The first-order valence-electron chi connectivity index (χ1n) is 6.60. The molecule has 1 fully saturated rings. The molecule has 2 N–H and O–H groups in total. The van der Waals surface area contributed by atoms with Gasteiger partial charge < -0.3 is 10.5 Å². The maximum atomic E-state index is 5.97. The molecule has 0 spiro atoms. The molecule has 0 bridgehead atoms. The number of likely N-dealkylation sites (tertiary alicyclic amines) is 1. The first kappa shape index (κ1) is 13.9. The number of hydrogen-bond acceptors (Lipinski definition) is 3. The molecule has 1 aliphatic rings. The number of nitrogens with two attached hydrogens (primary N) is 1. The summed E-state index contributed by atoms with van der Waals surface area (Å²) in [6.07, 6.45) is 4.99. The summed E-state index contributed by atoms with van der Waals surface area (Å²) >= 11 is 0. The van der Waals surface area contributed by atoms with E-state index >= 15 is 0 Å². The van der Waals surface area contributed by atoms with Crippen molar-refractivity contribution in [3.8, 4) is 0 Å². The minimum absolute atomic E-state index is 0.196. The van der Waals surface area contributed by atoms with Crippen LogP contribution in [0.2, 0.25) is 0 Å². The van der Waals surface area contributed by atoms with E-state index in [0.29, 0.717) is 5.92 Å². The lowest BCUT2D eigenvalue weighted by atomic mass is 9.88. The molecule has 0 aliphatic carbocycles. The molecule has 3 heteroatoms. The van der Waals surface area contributed by atoms with Crippen LogP contribution in [0, 0.1) is 5.92 Å². The quantitative estimate of drug-likeness (QED) is 0.754. The van der Waals surface area contributed by atoms with Crippen LogP contribution in [-0.4, -0.2) is 43.8 Å². The van der Waals surface area contributed by atoms with E-state index in [0.717, 1.165) is 19.7 Å². The molecule has 2 atom stereocenters. The molecule has 0 saturated carbocycles. The zero-order chi connectivity index (χ0) is 12.0. The predicted octanol–water partition coefficient (Wildman–Crippen LogP) is 1.86. The molecule has 0 aromatic carbocycles. The second kappa shape index (κ2) is 6.58. The Labute approximate surface area is 100 Å². The topological polar surface area (TPSA) is 38.5 Å². The van der Waals surface area contributed by atoms with E-state index < -0.39 is 0 Å². The normalized spacial score (nSPS) is 26.6. The Morgan fingerprint density at radius 1 is 1.50 bits per heavy atom. The Hall–Kier alpha value is -0.120. The van der Waals surface area contributed by atoms with Crippen LogP contribution in [0.1, 0.15) is 39.5 Å². The van der Waals surface area contributed by atoms with Gasteiger partial charge in [0.25, 0.3) is 0 Å². The number of rotatable bonds is 6. The van der Waals surface area contributed by atoms with Crippen molar-refractivity contribution >= 4 is 0 Å². The molecule has 1 aliphatic heterocycles. The molecule has 1 heterocycles. The smallest absolute Gasteiger partial charge is 0.0502 e. The van der Waals surface area contributed by atoms with Crippen molar-refractivity contribution in [2.75, 3.05) is 33.4 Å². The number of nitrogens with zero attached hydrogens (tertiary/aromatic N) is 1. The lowest BCUT2D eigenvalue weighted by Crippen LogP contribution is -2.55. The largest absolute Gasteiger partial charge is 0.384 e. The third-order valence-electron chi connectivity index (χ3n) is 3.91. The molecular formula is C13H28N2O. The minimum atomic E-state index is 0.196. The molecule has 16 heavy (non-hydrogen) atoms. The zero-order valence-electron chi connectivity index (χ0n) is 11.2. The maximum absolute atomic E-state index is 5.97. The summed E-state index contributed by atoms with van der Waals surface area (Å²) in [6, 6.07) is 0. The Bertz CT molecular complexity index is 196. The van der Waals surface area contributed by atoms with Gasteiger partial charge in [0.05, 0.1) is 6.61 Å². The monoisotopic (exact) mass is 228 g/mol. The molecular weight excluding hydrogens is 200 g/mol. The van der Waals surface area contributed by atoms with Gasteiger partial charge in [0.15, 0.2) is 0 Å². The number of piperidine rings is 1. The SMILES string of the molecule is CCCC(C)(CN)N1CCCC(COC)C1. The highest BCUT2D eigenvalue weighted by Gasteiger charge is 2.33. The van der Waals surface area contributed by atoms with Crippen molar-refractivity contribution in [2.45, 2.75) is 45.1 Å². The minimum Gasteiger partial charge on any atom is -0.384 e. The third kappa shape index (κ3) is 3.44. The fourth-order valence-corrected chi connectivity index (χ4v) is 2.85. The fourth-order valence-electron chi connectivity index (χ4n) is 2.85. The van der Waals surface area contributed by atoms with E-state index in [4.69, 9.17) is 10.5 Å². The number of hydrogen-bond donors (Lipinski definition) is 1. The first-order chi connectivity index (χ1) is 7.66. The van der Waals surface area contributed by atoms with Gasteiger partial charge >= 0.3 is 0 Å². The van der Waals surface area contributed by atoms with Gasteiger partial charge in [-0.3, -0.25) is 4.90 Å². The highest BCUT2D eigenvalue weighted by Crippen LogP contribution is 2.27. The van der Waals surface area contributed by atoms with Crippen molar-refractivity contribution in [3.63, 3.8) is 0 Å². The van der Waals surface area contributed by atoms with E-state index in [2.05, 4.69) is 18.7 Å². The van der Waals surface area contributed by atoms with Gasteiger partial charge in [-0.1, -0.05) is 13.3 Å². The lowest BCUT2D eigenvalue weighted by Gasteiger charge is -2.45. The summed E-state index contributed by atoms with van der Waals surface area (Å²) in [4.78, 5) is 2.59. The van der Waals surface area contributed by atoms with E-state index in [1.165, 1.54) is 32.2 Å². The van der Waals surface area contributed by atoms with Crippen LogP contribution in [-0.2, 0) is 4.74 Å². The summed E-state index contributed by atoms with van der Waals surface area (Å²) in [5, 5.41) is 0. The molecule has 0 aromatic heterocycles. The van der Waals surface area contributed by atoms with Crippen molar-refractivity contribution in [1.82, 2.24) is 4.90 Å². The second-order valence-electron chi connectivity index (χ2n) is 5.36. The highest BCUT2D eigenvalue weighted by molar-refractivity contribution is 4.90. The van der Waals surface area contributed by atoms with Crippen LogP contribution < -0.4 is 5.73 Å². The zero-order valence-corrected chi connectivity index (χ0v) is 11.2. The van der Waals surface area contributed by atoms with Gasteiger partial charge in [0.2, 0.25) is 0 Å². The number of methoxy groups -OCH3 is 1. The predicted molar refractivity (Wildman–Crippen MR) is 68.5 cm³/mol. The average Bonchev–Trinajstić information content (AvgIpc) is 2.30. The van der Waals surface area contributed by atoms with Crippen molar-refractivity contribution in [3.05, 3.63) is 0 Å². The van der Waals surface area contributed by atoms with Crippen LogP contribution >= 0.6 is 0 Å². The van der Waals surface area contributed by atoms with Crippen LogP contribution in [0.25, 0.3) is 0 Å². The summed E-state index contributed by atoms with van der Waals surface area (Å²) in [6.45, 7) is 8.56. The summed E-state index contributed by atoms with van der Waals surface area (Å²) in [5.74, 6) is 0.696. The molecule has 1 saturated heterocycles. The van der Waals surface area contributed by atoms with Gasteiger partial charge in [-0.15, -0.1) is 0 Å². The molecule has 0 aromatic rings. The van der Waals surface area contributed by atoms with E-state index in [9.17, 15) is 0 Å². The van der Waals surface area contributed by atoms with E-state index in [1.807, 2.05) is 0 Å². The van der Waals surface area contributed by atoms with Gasteiger partial charge in [0.1, 0.15) is 0 Å². The second-order valence-corrected chi connectivity index (χ2v) is 5.36. The highest BCUT2D eigenvalue weighted by atomic mass is 16.5. The molecule has 0 amide bonds. The molecule has 96 valence electrons. The van der Waals surface area contributed by atoms with Gasteiger partial charge in [0, 0.05) is 25.7 Å². The summed E-state index contributed by atoms with van der Waals surface area (Å²) < 4.78 is 5.28. The third-order valence-corrected chi connectivity index (χ3v) is 3.91. The Balaban J connectivity index is 2.56. The lowest BCUT2D eigenvalue weighted by molar-refractivity contribution is 0.0263. The van der Waals surface area contributed by atoms with E-state index in [-0.39, 0.29) is 5.54 Å². The molecule has 3 nitrogen and oxygen atoms in total. The van der Waals surface area contributed by atoms with Crippen molar-refractivity contribution < 1.29 is 4.74 Å². The summed E-state index contributed by atoms with van der Waals surface area (Å²) in [5.41, 5.74) is 6.17. The fraction of sp³-hybridized carbons (Fsp3) is 1.00. The molecule has 0 radical (unpaired) electrons. The van der Waals surface area contributed by atoms with Gasteiger partial charge in [-0.05, 0) is 38.6 Å². The van der Waals surface area contributed by atoms with Crippen molar-refractivity contribution in [2.24, 2.45) is 11.7 Å². The Morgan fingerprint density at radius 3 is 2.81 bits per heavy atom. The van der Waals surface area contributed by atoms with Crippen LogP contribution in [0.15, 0.2) is 0 Å². The van der Waals surface area contributed by atoms with Crippen LogP contribution in [0.3, 0.4) is 0 Å². The first-order valence-corrected chi connectivity index (χ1v) is 6.60. The Morgan fingerprint density at radius 2 is 2.25 bits per heavy atom. The molecule has 2 unspecified atom stereocenters. The van der Waals surface area contributed by atoms with Crippen molar-refractivity contribution in [1.29, 1.82) is 0 Å². The molecule has 1 rings (SSSR count). The summed E-state index contributed by atoms with van der Waals surface area (Å²) in [7, 11) is 1.80. The average molecular weight is 228 g/mol. The van der Waals surface area contributed by atoms with E-state index in [1.54, 1.807) is 7.11 Å². The van der Waals surface area contributed by atoms with Gasteiger partial charge in [-0.25, -0.2) is 0 Å². The Kier molecular flexibility index (Phi) is 5.73.